The van der Waals surface area contributed by atoms with E-state index in [0.717, 1.165) is 25.7 Å². The molecule has 19 heavy (non-hydrogen) atoms. The van der Waals surface area contributed by atoms with Crippen LogP contribution in [0.25, 0.3) is 0 Å². The minimum absolute atomic E-state index is 0.0140. The summed E-state index contributed by atoms with van der Waals surface area (Å²) in [6, 6.07) is 0. The van der Waals surface area contributed by atoms with E-state index in [0.29, 0.717) is 11.9 Å². The Kier molecular flexibility index (Phi) is 3.94. The van der Waals surface area contributed by atoms with Gasteiger partial charge < -0.3 is 10.4 Å². The third-order valence-electron chi connectivity index (χ3n) is 3.76. The van der Waals surface area contributed by atoms with Crippen molar-refractivity contribution in [2.24, 2.45) is 5.92 Å². The topological polar surface area (TPSA) is 101 Å². The molecule has 1 heterocycles. The van der Waals surface area contributed by atoms with Crippen LogP contribution in [0.3, 0.4) is 0 Å². The largest absolute Gasteiger partial charge is 0.394 e. The van der Waals surface area contributed by atoms with Crippen LogP contribution in [0.2, 0.25) is 0 Å². The Morgan fingerprint density at radius 1 is 1.47 bits per heavy atom. The van der Waals surface area contributed by atoms with Crippen molar-refractivity contribution in [3.63, 3.8) is 0 Å². The number of nitrogens with one attached hydrogen (secondary N) is 1. The number of nitro groups is 1. The van der Waals surface area contributed by atoms with Crippen molar-refractivity contribution in [1.29, 1.82) is 0 Å². The van der Waals surface area contributed by atoms with Crippen LogP contribution in [0.5, 0.6) is 0 Å². The minimum Gasteiger partial charge on any atom is -0.394 e. The van der Waals surface area contributed by atoms with E-state index in [-0.39, 0.29) is 12.3 Å². The first-order chi connectivity index (χ1) is 9.04. The van der Waals surface area contributed by atoms with E-state index in [1.807, 2.05) is 0 Å². The molecule has 7 nitrogen and oxygen atoms in total. The van der Waals surface area contributed by atoms with E-state index in [9.17, 15) is 15.2 Å². The molecule has 0 atom stereocenters. The van der Waals surface area contributed by atoms with Crippen LogP contribution in [-0.4, -0.2) is 32.1 Å². The molecular formula is C12H18N4O3. The van der Waals surface area contributed by atoms with E-state index in [2.05, 4.69) is 22.2 Å². The molecule has 2 rings (SSSR count). The smallest absolute Gasteiger partial charge is 0.305 e. The number of aliphatic hydroxyl groups is 1. The second kappa shape index (κ2) is 5.48. The maximum atomic E-state index is 10.5. The zero-order chi connectivity index (χ0) is 13.9. The second-order valence-electron chi connectivity index (χ2n) is 5.27. The predicted molar refractivity (Wildman–Crippen MR) is 69.8 cm³/mol. The maximum absolute atomic E-state index is 10.5. The Bertz CT molecular complexity index is 441. The number of hydrogen-bond donors (Lipinski definition) is 2. The molecule has 104 valence electrons. The lowest BCUT2D eigenvalue weighted by atomic mass is 9.77. The van der Waals surface area contributed by atoms with Gasteiger partial charge in [-0.25, -0.2) is 9.97 Å². The Hall–Kier alpha value is -1.76. The summed E-state index contributed by atoms with van der Waals surface area (Å²) in [4.78, 5) is 17.9. The van der Waals surface area contributed by atoms with Gasteiger partial charge in [0.2, 0.25) is 5.95 Å². The lowest BCUT2D eigenvalue weighted by molar-refractivity contribution is -0.385. The molecule has 1 saturated carbocycles. The summed E-state index contributed by atoms with van der Waals surface area (Å²) in [5, 5.41) is 23.3. The summed E-state index contributed by atoms with van der Waals surface area (Å²) in [6.07, 6.45) is 6.13. The maximum Gasteiger partial charge on any atom is 0.305 e. The molecule has 0 amide bonds. The van der Waals surface area contributed by atoms with E-state index >= 15 is 0 Å². The first kappa shape index (κ1) is 13.7. The number of aliphatic hydroxyl groups excluding tert-OH is 1. The fourth-order valence-electron chi connectivity index (χ4n) is 2.35. The van der Waals surface area contributed by atoms with Gasteiger partial charge in [-0.2, -0.15) is 0 Å². The zero-order valence-corrected chi connectivity index (χ0v) is 10.9. The summed E-state index contributed by atoms with van der Waals surface area (Å²) < 4.78 is 0. The molecule has 0 radical (unpaired) electrons. The van der Waals surface area contributed by atoms with Crippen molar-refractivity contribution in [3.8, 4) is 0 Å². The van der Waals surface area contributed by atoms with E-state index in [4.69, 9.17) is 0 Å². The summed E-state index contributed by atoms with van der Waals surface area (Å²) in [6.45, 7) is 2.21. The molecule has 1 aliphatic rings. The monoisotopic (exact) mass is 266 g/mol. The predicted octanol–water partition coefficient (Wildman–Crippen LogP) is 1.74. The molecule has 0 aromatic carbocycles. The van der Waals surface area contributed by atoms with Crippen molar-refractivity contribution in [3.05, 3.63) is 22.5 Å². The van der Waals surface area contributed by atoms with Crippen LogP contribution in [0.4, 0.5) is 11.6 Å². The molecule has 7 heteroatoms. The summed E-state index contributed by atoms with van der Waals surface area (Å²) in [5.41, 5.74) is -0.538. The van der Waals surface area contributed by atoms with Gasteiger partial charge in [-0.05, 0) is 31.6 Å². The summed E-state index contributed by atoms with van der Waals surface area (Å²) >= 11 is 0. The van der Waals surface area contributed by atoms with Gasteiger partial charge in [0.05, 0.1) is 17.1 Å². The molecule has 0 bridgehead atoms. The van der Waals surface area contributed by atoms with Crippen LogP contribution in [-0.2, 0) is 0 Å². The SMILES string of the molecule is CC1CCC(CO)(Nc2ncc([N+](=O)[O-])cn2)CC1. The van der Waals surface area contributed by atoms with Crippen LogP contribution in [0.1, 0.15) is 32.6 Å². The number of rotatable bonds is 4. The Balaban J connectivity index is 2.08. The van der Waals surface area contributed by atoms with Crippen LogP contribution >= 0.6 is 0 Å². The first-order valence-electron chi connectivity index (χ1n) is 6.40. The van der Waals surface area contributed by atoms with Gasteiger partial charge in [0.25, 0.3) is 0 Å². The van der Waals surface area contributed by atoms with Gasteiger partial charge in [0, 0.05) is 0 Å². The van der Waals surface area contributed by atoms with Crippen molar-refractivity contribution in [2.45, 2.75) is 38.1 Å². The molecule has 0 saturated heterocycles. The molecule has 1 fully saturated rings. The third-order valence-corrected chi connectivity index (χ3v) is 3.76. The molecule has 0 unspecified atom stereocenters. The van der Waals surface area contributed by atoms with Gasteiger partial charge in [0.1, 0.15) is 12.4 Å². The van der Waals surface area contributed by atoms with Gasteiger partial charge >= 0.3 is 5.69 Å². The average Bonchev–Trinajstić information content (AvgIpc) is 2.42. The summed E-state index contributed by atoms with van der Waals surface area (Å²) in [5.74, 6) is 0.994. The standard InChI is InChI=1S/C12H18N4O3/c1-9-2-4-12(8-17,5-3-9)15-11-13-6-10(7-14-11)16(18)19/h6-7,9,17H,2-5,8H2,1H3,(H,13,14,15). The van der Waals surface area contributed by atoms with Gasteiger partial charge in [-0.15, -0.1) is 0 Å². The third kappa shape index (κ3) is 3.17. The Morgan fingerprint density at radius 3 is 2.53 bits per heavy atom. The molecule has 1 aromatic heterocycles. The van der Waals surface area contributed by atoms with Crippen LogP contribution < -0.4 is 5.32 Å². The van der Waals surface area contributed by atoms with Crippen molar-refractivity contribution < 1.29 is 10.0 Å². The normalized spacial score (nSPS) is 26.9. The lowest BCUT2D eigenvalue weighted by Gasteiger charge is -2.38. The van der Waals surface area contributed by atoms with Crippen molar-refractivity contribution in [1.82, 2.24) is 9.97 Å². The van der Waals surface area contributed by atoms with Crippen molar-refractivity contribution in [2.75, 3.05) is 11.9 Å². The highest BCUT2D eigenvalue weighted by Crippen LogP contribution is 2.33. The molecule has 1 aliphatic carbocycles. The van der Waals surface area contributed by atoms with E-state index in [1.54, 1.807) is 0 Å². The highest BCUT2D eigenvalue weighted by Gasteiger charge is 2.34. The van der Waals surface area contributed by atoms with Crippen molar-refractivity contribution >= 4 is 11.6 Å². The van der Waals surface area contributed by atoms with E-state index < -0.39 is 10.5 Å². The molecule has 1 aromatic rings. The lowest BCUT2D eigenvalue weighted by Crippen LogP contribution is -2.45. The highest BCUT2D eigenvalue weighted by molar-refractivity contribution is 5.34. The zero-order valence-electron chi connectivity index (χ0n) is 10.9. The Labute approximate surface area is 111 Å². The number of hydrogen-bond acceptors (Lipinski definition) is 6. The number of aromatic nitrogens is 2. The number of anilines is 1. The minimum atomic E-state index is -0.534. The molecule has 0 spiro atoms. The van der Waals surface area contributed by atoms with Crippen LogP contribution in [0.15, 0.2) is 12.4 Å². The van der Waals surface area contributed by atoms with Gasteiger partial charge in [0.15, 0.2) is 0 Å². The molecular weight excluding hydrogens is 248 g/mol. The second-order valence-corrected chi connectivity index (χ2v) is 5.27. The fraction of sp³-hybridized carbons (Fsp3) is 0.667. The quantitative estimate of drug-likeness (QED) is 0.635. The van der Waals surface area contributed by atoms with E-state index in [1.165, 1.54) is 12.4 Å². The first-order valence-corrected chi connectivity index (χ1v) is 6.40. The summed E-state index contributed by atoms with van der Waals surface area (Å²) in [7, 11) is 0. The molecule has 2 N–H and O–H groups in total. The number of nitrogens with zero attached hydrogens (tertiary/aromatic N) is 3. The fourth-order valence-corrected chi connectivity index (χ4v) is 2.35. The van der Waals surface area contributed by atoms with Gasteiger partial charge in [-0.3, -0.25) is 10.1 Å². The average molecular weight is 266 g/mol. The molecule has 0 aliphatic heterocycles. The van der Waals surface area contributed by atoms with Gasteiger partial charge in [-0.1, -0.05) is 6.92 Å². The Morgan fingerprint density at radius 2 is 2.05 bits per heavy atom. The highest BCUT2D eigenvalue weighted by atomic mass is 16.6. The van der Waals surface area contributed by atoms with Crippen LogP contribution in [0, 0.1) is 16.0 Å².